The number of ether oxygens (including phenoxy) is 1. The largest absolute Gasteiger partial charge is 0.494 e. The number of hydrogen-bond donors (Lipinski definition) is 1. The van der Waals surface area contributed by atoms with Gasteiger partial charge in [0.25, 0.3) is 0 Å². The van der Waals surface area contributed by atoms with E-state index in [4.69, 9.17) is 10.00 Å². The first-order valence-electron chi connectivity index (χ1n) is 7.58. The lowest BCUT2D eigenvalue weighted by atomic mass is 10.1. The minimum Gasteiger partial charge on any atom is -0.494 e. The van der Waals surface area contributed by atoms with E-state index in [2.05, 4.69) is 37.4 Å². The van der Waals surface area contributed by atoms with Gasteiger partial charge in [0.1, 0.15) is 5.75 Å². The van der Waals surface area contributed by atoms with Crippen LogP contribution in [0.4, 0.5) is 0 Å². The predicted octanol–water partition coefficient (Wildman–Crippen LogP) is 3.69. The second-order valence-corrected chi connectivity index (χ2v) is 5.11. The van der Waals surface area contributed by atoms with Crippen molar-refractivity contribution in [3.8, 4) is 11.8 Å². The number of hydrogen-bond acceptors (Lipinski definition) is 3. The summed E-state index contributed by atoms with van der Waals surface area (Å²) in [5.74, 6) is 0.922. The maximum Gasteiger partial charge on any atom is 0.119 e. The Kier molecular flexibility index (Phi) is 8.49. The monoisotopic (exact) mass is 274 g/mol. The smallest absolute Gasteiger partial charge is 0.119 e. The first kappa shape index (κ1) is 16.5. The zero-order valence-electron chi connectivity index (χ0n) is 12.7. The molecule has 110 valence electrons. The Hall–Kier alpha value is -1.53. The Morgan fingerprint density at radius 1 is 1.25 bits per heavy atom. The van der Waals surface area contributed by atoms with E-state index in [9.17, 15) is 0 Å². The zero-order chi connectivity index (χ0) is 14.6. The van der Waals surface area contributed by atoms with Gasteiger partial charge in [0.2, 0.25) is 0 Å². The Balaban J connectivity index is 2.24. The SMILES string of the molecule is CCNC(C)CCc1ccc(OCCCCC#N)cc1. The molecule has 0 amide bonds. The fourth-order valence-corrected chi connectivity index (χ4v) is 2.08. The third-order valence-corrected chi connectivity index (χ3v) is 3.29. The second-order valence-electron chi connectivity index (χ2n) is 5.11. The van der Waals surface area contributed by atoms with Gasteiger partial charge in [0.15, 0.2) is 0 Å². The van der Waals surface area contributed by atoms with Crippen LogP contribution in [0, 0.1) is 11.3 Å². The van der Waals surface area contributed by atoms with Crippen molar-refractivity contribution in [3.05, 3.63) is 29.8 Å². The highest BCUT2D eigenvalue weighted by atomic mass is 16.5. The number of aryl methyl sites for hydroxylation is 1. The van der Waals surface area contributed by atoms with Crippen LogP contribution in [-0.4, -0.2) is 19.2 Å². The van der Waals surface area contributed by atoms with Crippen molar-refractivity contribution in [2.75, 3.05) is 13.2 Å². The van der Waals surface area contributed by atoms with E-state index in [0.717, 1.165) is 38.0 Å². The molecule has 3 heteroatoms. The van der Waals surface area contributed by atoms with Gasteiger partial charge in [-0.05, 0) is 56.8 Å². The zero-order valence-corrected chi connectivity index (χ0v) is 12.7. The van der Waals surface area contributed by atoms with Gasteiger partial charge < -0.3 is 10.1 Å². The van der Waals surface area contributed by atoms with Gasteiger partial charge in [-0.2, -0.15) is 5.26 Å². The van der Waals surface area contributed by atoms with Gasteiger partial charge in [-0.3, -0.25) is 0 Å². The molecular weight excluding hydrogens is 248 g/mol. The molecule has 0 saturated carbocycles. The minimum atomic E-state index is 0.566. The molecule has 3 nitrogen and oxygen atoms in total. The van der Waals surface area contributed by atoms with Gasteiger partial charge in [0.05, 0.1) is 12.7 Å². The highest BCUT2D eigenvalue weighted by Gasteiger charge is 2.01. The van der Waals surface area contributed by atoms with Crippen LogP contribution in [-0.2, 0) is 6.42 Å². The molecule has 0 spiro atoms. The van der Waals surface area contributed by atoms with E-state index < -0.39 is 0 Å². The lowest BCUT2D eigenvalue weighted by Crippen LogP contribution is -2.25. The normalized spacial score (nSPS) is 11.8. The lowest BCUT2D eigenvalue weighted by molar-refractivity contribution is 0.307. The fraction of sp³-hybridized carbons (Fsp3) is 0.588. The van der Waals surface area contributed by atoms with Gasteiger partial charge in [-0.25, -0.2) is 0 Å². The van der Waals surface area contributed by atoms with Crippen molar-refractivity contribution >= 4 is 0 Å². The molecule has 0 heterocycles. The number of nitrogens with one attached hydrogen (secondary N) is 1. The molecular formula is C17H26N2O. The van der Waals surface area contributed by atoms with Gasteiger partial charge >= 0.3 is 0 Å². The summed E-state index contributed by atoms with van der Waals surface area (Å²) in [5.41, 5.74) is 1.35. The van der Waals surface area contributed by atoms with Crippen molar-refractivity contribution in [1.29, 1.82) is 5.26 Å². The summed E-state index contributed by atoms with van der Waals surface area (Å²) in [4.78, 5) is 0. The molecule has 0 aliphatic heterocycles. The first-order valence-corrected chi connectivity index (χ1v) is 7.58. The summed E-state index contributed by atoms with van der Waals surface area (Å²) < 4.78 is 5.65. The Labute approximate surface area is 123 Å². The average molecular weight is 274 g/mol. The van der Waals surface area contributed by atoms with Crippen LogP contribution in [0.5, 0.6) is 5.75 Å². The van der Waals surface area contributed by atoms with Crippen LogP contribution in [0.15, 0.2) is 24.3 Å². The van der Waals surface area contributed by atoms with Crippen LogP contribution in [0.1, 0.15) is 45.1 Å². The van der Waals surface area contributed by atoms with E-state index in [1.165, 1.54) is 5.56 Å². The summed E-state index contributed by atoms with van der Waals surface area (Å²) in [6, 6.07) is 11.1. The summed E-state index contributed by atoms with van der Waals surface area (Å²) >= 11 is 0. The summed E-state index contributed by atoms with van der Waals surface area (Å²) in [7, 11) is 0. The standard InChI is InChI=1S/C17H26N2O/c1-3-19-15(2)7-8-16-9-11-17(12-10-16)20-14-6-4-5-13-18/h9-12,15,19H,3-8,14H2,1-2H3. The van der Waals surface area contributed by atoms with Gasteiger partial charge in [0, 0.05) is 12.5 Å². The minimum absolute atomic E-state index is 0.566. The third-order valence-electron chi connectivity index (χ3n) is 3.29. The lowest BCUT2D eigenvalue weighted by Gasteiger charge is -2.12. The third kappa shape index (κ3) is 7.16. The summed E-state index contributed by atoms with van der Waals surface area (Å²) in [6.45, 7) is 6.08. The van der Waals surface area contributed by atoms with E-state index in [-0.39, 0.29) is 0 Å². The molecule has 1 unspecified atom stereocenters. The summed E-state index contributed by atoms with van der Waals surface area (Å²) in [6.07, 6.45) is 4.72. The number of unbranched alkanes of at least 4 members (excludes halogenated alkanes) is 2. The van der Waals surface area contributed by atoms with Crippen molar-refractivity contribution in [1.82, 2.24) is 5.32 Å². The molecule has 1 atom stereocenters. The van der Waals surface area contributed by atoms with Crippen LogP contribution in [0.3, 0.4) is 0 Å². The molecule has 0 fully saturated rings. The van der Waals surface area contributed by atoms with Gasteiger partial charge in [-0.15, -0.1) is 0 Å². The molecule has 0 radical (unpaired) electrons. The van der Waals surface area contributed by atoms with E-state index in [1.54, 1.807) is 0 Å². The fourth-order valence-electron chi connectivity index (χ4n) is 2.08. The highest BCUT2D eigenvalue weighted by Crippen LogP contribution is 2.14. The molecule has 1 rings (SSSR count). The Bertz CT molecular complexity index is 394. The number of rotatable bonds is 10. The molecule has 0 aliphatic rings. The van der Waals surface area contributed by atoms with Gasteiger partial charge in [-0.1, -0.05) is 19.1 Å². The van der Waals surface area contributed by atoms with Crippen molar-refractivity contribution < 1.29 is 4.74 Å². The molecule has 1 aromatic carbocycles. The number of nitrogens with zero attached hydrogens (tertiary/aromatic N) is 1. The maximum atomic E-state index is 8.44. The Morgan fingerprint density at radius 3 is 2.65 bits per heavy atom. The van der Waals surface area contributed by atoms with Crippen LogP contribution in [0.25, 0.3) is 0 Å². The quantitative estimate of drug-likeness (QED) is 0.662. The molecule has 1 aromatic rings. The summed E-state index contributed by atoms with van der Waals surface area (Å²) in [5, 5.41) is 11.9. The molecule has 1 N–H and O–H groups in total. The molecule has 0 aliphatic carbocycles. The van der Waals surface area contributed by atoms with Crippen molar-refractivity contribution in [2.24, 2.45) is 0 Å². The topological polar surface area (TPSA) is 45.0 Å². The molecule has 0 saturated heterocycles. The van der Waals surface area contributed by atoms with E-state index >= 15 is 0 Å². The molecule has 0 bridgehead atoms. The average Bonchev–Trinajstić information content (AvgIpc) is 2.46. The van der Waals surface area contributed by atoms with E-state index in [0.29, 0.717) is 19.1 Å². The van der Waals surface area contributed by atoms with Crippen molar-refractivity contribution in [3.63, 3.8) is 0 Å². The molecule has 20 heavy (non-hydrogen) atoms. The second kappa shape index (κ2) is 10.3. The van der Waals surface area contributed by atoms with Crippen LogP contribution < -0.4 is 10.1 Å². The maximum absolute atomic E-state index is 8.44. The number of benzene rings is 1. The Morgan fingerprint density at radius 2 is 2.00 bits per heavy atom. The van der Waals surface area contributed by atoms with Crippen molar-refractivity contribution in [2.45, 2.75) is 52.0 Å². The highest BCUT2D eigenvalue weighted by molar-refractivity contribution is 5.27. The first-order chi connectivity index (χ1) is 9.76. The predicted molar refractivity (Wildman–Crippen MR) is 82.9 cm³/mol. The number of nitriles is 1. The van der Waals surface area contributed by atoms with Crippen LogP contribution >= 0.6 is 0 Å². The molecule has 0 aromatic heterocycles. The van der Waals surface area contributed by atoms with Crippen LogP contribution in [0.2, 0.25) is 0 Å². The van der Waals surface area contributed by atoms with E-state index in [1.807, 2.05) is 12.1 Å².